The minimum absolute atomic E-state index is 0.276. The lowest BCUT2D eigenvalue weighted by Gasteiger charge is -2.11. The van der Waals surface area contributed by atoms with Crippen molar-refractivity contribution in [2.24, 2.45) is 0 Å². The standard InChI is InChI=1S/C13H14FN3/c1-8(2)12-11(5-4-9(3)17-12)13-15-6-10(14)7-16-13/h4-8H,1-3H3. The second kappa shape index (κ2) is 4.57. The van der Waals surface area contributed by atoms with Gasteiger partial charge < -0.3 is 0 Å². The second-order valence-electron chi connectivity index (χ2n) is 4.27. The summed E-state index contributed by atoms with van der Waals surface area (Å²) in [6.07, 6.45) is 2.35. The summed E-state index contributed by atoms with van der Waals surface area (Å²) in [7, 11) is 0. The van der Waals surface area contributed by atoms with Crippen LogP contribution in [0.5, 0.6) is 0 Å². The lowest BCUT2D eigenvalue weighted by atomic mass is 10.0. The molecule has 0 saturated heterocycles. The molecule has 2 aromatic rings. The van der Waals surface area contributed by atoms with Crippen LogP contribution in [0.1, 0.15) is 31.2 Å². The van der Waals surface area contributed by atoms with Crippen molar-refractivity contribution < 1.29 is 4.39 Å². The molecular formula is C13H14FN3. The number of hydrogen-bond acceptors (Lipinski definition) is 3. The van der Waals surface area contributed by atoms with Gasteiger partial charge in [0.25, 0.3) is 0 Å². The predicted molar refractivity (Wildman–Crippen MR) is 64.0 cm³/mol. The molecule has 88 valence electrons. The Hall–Kier alpha value is -1.84. The topological polar surface area (TPSA) is 38.7 Å². The van der Waals surface area contributed by atoms with E-state index in [1.165, 1.54) is 12.4 Å². The first-order valence-corrected chi connectivity index (χ1v) is 5.53. The maximum atomic E-state index is 12.8. The summed E-state index contributed by atoms with van der Waals surface area (Å²) in [5, 5.41) is 0. The molecule has 0 fully saturated rings. The number of rotatable bonds is 2. The van der Waals surface area contributed by atoms with E-state index < -0.39 is 5.82 Å². The van der Waals surface area contributed by atoms with Gasteiger partial charge in [-0.25, -0.2) is 14.4 Å². The zero-order valence-electron chi connectivity index (χ0n) is 10.1. The lowest BCUT2D eigenvalue weighted by molar-refractivity contribution is 0.614. The van der Waals surface area contributed by atoms with Crippen LogP contribution >= 0.6 is 0 Å². The summed E-state index contributed by atoms with van der Waals surface area (Å²) >= 11 is 0. The highest BCUT2D eigenvalue weighted by atomic mass is 19.1. The number of pyridine rings is 1. The Bertz CT molecular complexity index is 521. The first-order chi connectivity index (χ1) is 8.08. The van der Waals surface area contributed by atoms with Crippen molar-refractivity contribution in [1.82, 2.24) is 15.0 Å². The Morgan fingerprint density at radius 1 is 1.12 bits per heavy atom. The Balaban J connectivity index is 2.54. The molecule has 0 bridgehead atoms. The number of hydrogen-bond donors (Lipinski definition) is 0. The average molecular weight is 231 g/mol. The van der Waals surface area contributed by atoms with E-state index in [2.05, 4.69) is 28.8 Å². The molecule has 3 nitrogen and oxygen atoms in total. The lowest BCUT2D eigenvalue weighted by Crippen LogP contribution is -2.01. The monoisotopic (exact) mass is 231 g/mol. The summed E-state index contributed by atoms with van der Waals surface area (Å²) in [6.45, 7) is 6.07. The molecule has 0 N–H and O–H groups in total. The van der Waals surface area contributed by atoms with Crippen LogP contribution in [0.25, 0.3) is 11.4 Å². The van der Waals surface area contributed by atoms with Crippen LogP contribution in [0, 0.1) is 12.7 Å². The third-order valence-electron chi connectivity index (χ3n) is 2.47. The molecule has 4 heteroatoms. The van der Waals surface area contributed by atoms with Crippen LogP contribution in [0.2, 0.25) is 0 Å². The largest absolute Gasteiger partial charge is 0.257 e. The van der Waals surface area contributed by atoms with Gasteiger partial charge in [0.15, 0.2) is 11.6 Å². The number of aromatic nitrogens is 3. The van der Waals surface area contributed by atoms with Crippen LogP contribution in [0.15, 0.2) is 24.5 Å². The van der Waals surface area contributed by atoms with Gasteiger partial charge in [0.1, 0.15) is 0 Å². The fraction of sp³-hybridized carbons (Fsp3) is 0.308. The molecule has 0 aliphatic carbocycles. The fourth-order valence-electron chi connectivity index (χ4n) is 1.66. The summed E-state index contributed by atoms with van der Waals surface area (Å²) < 4.78 is 12.8. The van der Waals surface area contributed by atoms with Crippen LogP contribution in [-0.4, -0.2) is 15.0 Å². The maximum absolute atomic E-state index is 12.8. The van der Waals surface area contributed by atoms with Gasteiger partial charge in [-0.2, -0.15) is 0 Å². The van der Waals surface area contributed by atoms with Crippen LogP contribution in [0.4, 0.5) is 4.39 Å². The van der Waals surface area contributed by atoms with Gasteiger partial charge in [0.05, 0.1) is 18.1 Å². The second-order valence-corrected chi connectivity index (χ2v) is 4.27. The quantitative estimate of drug-likeness (QED) is 0.797. The third kappa shape index (κ3) is 2.46. The van der Waals surface area contributed by atoms with Gasteiger partial charge in [-0.05, 0) is 25.0 Å². The van der Waals surface area contributed by atoms with E-state index in [9.17, 15) is 4.39 Å². The zero-order valence-corrected chi connectivity index (χ0v) is 10.1. The summed E-state index contributed by atoms with van der Waals surface area (Å²) in [5.74, 6) is 0.362. The Kier molecular flexibility index (Phi) is 3.13. The molecule has 0 amide bonds. The van der Waals surface area contributed by atoms with Crippen LogP contribution in [-0.2, 0) is 0 Å². The first kappa shape index (κ1) is 11.6. The smallest absolute Gasteiger partial charge is 0.161 e. The molecule has 0 radical (unpaired) electrons. The van der Waals surface area contributed by atoms with Crippen molar-refractivity contribution in [2.75, 3.05) is 0 Å². The minimum atomic E-state index is -0.431. The van der Waals surface area contributed by atoms with Crippen LogP contribution in [0.3, 0.4) is 0 Å². The van der Waals surface area contributed by atoms with Gasteiger partial charge in [0.2, 0.25) is 0 Å². The van der Waals surface area contributed by atoms with E-state index >= 15 is 0 Å². The molecule has 0 aliphatic heterocycles. The van der Waals surface area contributed by atoms with E-state index in [0.29, 0.717) is 5.82 Å². The summed E-state index contributed by atoms with van der Waals surface area (Å²) in [6, 6.07) is 3.85. The minimum Gasteiger partial charge on any atom is -0.257 e. The number of halogens is 1. The fourth-order valence-corrected chi connectivity index (χ4v) is 1.66. The van der Waals surface area contributed by atoms with Gasteiger partial charge in [-0.3, -0.25) is 4.98 Å². The van der Waals surface area contributed by atoms with Crippen LogP contribution < -0.4 is 0 Å². The number of aryl methyl sites for hydroxylation is 1. The Morgan fingerprint density at radius 2 is 1.76 bits per heavy atom. The van der Waals surface area contributed by atoms with Gasteiger partial charge in [-0.15, -0.1) is 0 Å². The van der Waals surface area contributed by atoms with E-state index in [1.54, 1.807) is 0 Å². The van der Waals surface area contributed by atoms with Crippen molar-refractivity contribution in [3.05, 3.63) is 41.7 Å². The average Bonchev–Trinajstić information content (AvgIpc) is 2.30. The molecule has 2 aromatic heterocycles. The van der Waals surface area contributed by atoms with Crippen molar-refractivity contribution in [1.29, 1.82) is 0 Å². The molecule has 0 aliphatic rings. The molecule has 2 rings (SSSR count). The molecular weight excluding hydrogens is 217 g/mol. The van der Waals surface area contributed by atoms with Crippen molar-refractivity contribution in [2.45, 2.75) is 26.7 Å². The predicted octanol–water partition coefficient (Wildman–Crippen LogP) is 3.11. The van der Waals surface area contributed by atoms with Gasteiger partial charge in [0, 0.05) is 11.3 Å². The highest BCUT2D eigenvalue weighted by Crippen LogP contribution is 2.25. The Labute approximate surface area is 99.8 Å². The van der Waals surface area contributed by atoms with E-state index in [-0.39, 0.29) is 5.92 Å². The van der Waals surface area contributed by atoms with Gasteiger partial charge >= 0.3 is 0 Å². The molecule has 0 atom stereocenters. The molecule has 0 unspecified atom stereocenters. The molecule has 0 saturated carbocycles. The highest BCUT2D eigenvalue weighted by Gasteiger charge is 2.12. The molecule has 0 aromatic carbocycles. The molecule has 17 heavy (non-hydrogen) atoms. The van der Waals surface area contributed by atoms with Crippen molar-refractivity contribution in [3.8, 4) is 11.4 Å². The highest BCUT2D eigenvalue weighted by molar-refractivity contribution is 5.58. The number of nitrogens with zero attached hydrogens (tertiary/aromatic N) is 3. The normalized spacial score (nSPS) is 10.9. The zero-order chi connectivity index (χ0) is 12.4. The molecule has 2 heterocycles. The van der Waals surface area contributed by atoms with Crippen molar-refractivity contribution in [3.63, 3.8) is 0 Å². The molecule has 0 spiro atoms. The van der Waals surface area contributed by atoms with E-state index in [0.717, 1.165) is 17.0 Å². The van der Waals surface area contributed by atoms with Gasteiger partial charge in [-0.1, -0.05) is 13.8 Å². The van der Waals surface area contributed by atoms with E-state index in [1.807, 2.05) is 19.1 Å². The maximum Gasteiger partial charge on any atom is 0.161 e. The summed E-state index contributed by atoms with van der Waals surface area (Å²) in [5.41, 5.74) is 2.77. The Morgan fingerprint density at radius 3 is 2.35 bits per heavy atom. The SMILES string of the molecule is Cc1ccc(-c2ncc(F)cn2)c(C(C)C)n1. The van der Waals surface area contributed by atoms with E-state index in [4.69, 9.17) is 0 Å². The van der Waals surface area contributed by atoms with Crippen molar-refractivity contribution >= 4 is 0 Å². The third-order valence-corrected chi connectivity index (χ3v) is 2.47. The summed E-state index contributed by atoms with van der Waals surface area (Å²) in [4.78, 5) is 12.5. The first-order valence-electron chi connectivity index (χ1n) is 5.53.